The Balaban J connectivity index is 5.71. The maximum Gasteiger partial charge on any atom is 0.326 e. The van der Waals surface area contributed by atoms with Gasteiger partial charge in [-0.25, -0.2) is 19.2 Å². The van der Waals surface area contributed by atoms with Crippen LogP contribution in [0.1, 0.15) is 89.9 Å². The number of aliphatic carboxylic acids is 8. The minimum atomic E-state index is -1.93. The van der Waals surface area contributed by atoms with Crippen LogP contribution < -0.4 is 37.6 Å². The predicted molar refractivity (Wildman–Crippen MR) is 205 cm³/mol. The lowest BCUT2D eigenvalue weighted by Gasteiger charge is -2.23. The Morgan fingerprint density at radius 3 is 0.766 bits per heavy atom. The molecule has 6 amide bonds. The summed E-state index contributed by atoms with van der Waals surface area (Å²) in [6.45, 7) is 0. The summed E-state index contributed by atoms with van der Waals surface area (Å²) in [5.74, 6) is -19.0. The number of carbonyl (C=O) groups is 14. The molecule has 0 aromatic heterocycles. The van der Waals surface area contributed by atoms with Crippen LogP contribution >= 0.6 is 0 Å². The van der Waals surface area contributed by atoms with Crippen molar-refractivity contribution < 1.29 is 108 Å². The number of hydrogen-bond donors (Lipinski definition) is 15. The minimum Gasteiger partial charge on any atom is -0.481 e. The Morgan fingerprint density at radius 2 is 0.516 bits per heavy atom. The number of nitrogens with one attached hydrogen (secondary N) is 6. The summed E-state index contributed by atoms with van der Waals surface area (Å²) < 4.78 is 0. The highest BCUT2D eigenvalue weighted by atomic mass is 16.4. The summed E-state index contributed by atoms with van der Waals surface area (Å²) in [5.41, 5.74) is 5.31. The number of carbonyl (C=O) groups excluding carboxylic acids is 6. The first-order valence-corrected chi connectivity index (χ1v) is 19.1. The van der Waals surface area contributed by atoms with Crippen LogP contribution in [0.15, 0.2) is 0 Å². The first kappa shape index (κ1) is 56.5. The van der Waals surface area contributed by atoms with Gasteiger partial charge in [0, 0.05) is 44.9 Å². The number of carboxylic acid groups (broad SMARTS) is 8. The summed E-state index contributed by atoms with van der Waals surface area (Å²) >= 11 is 0. The van der Waals surface area contributed by atoms with Crippen LogP contribution in [0.25, 0.3) is 0 Å². The number of carboxylic acids is 8. The van der Waals surface area contributed by atoms with Crippen LogP contribution in [0.2, 0.25) is 0 Å². The van der Waals surface area contributed by atoms with E-state index in [2.05, 4.69) is 16.0 Å². The number of amides is 6. The first-order chi connectivity index (χ1) is 29.7. The van der Waals surface area contributed by atoms with Gasteiger partial charge in [0.2, 0.25) is 35.4 Å². The SMILES string of the molecule is N[C@@H](CCC(=O)N[C@@H](CCC(=O)N[C@@H](CCC(=O)O)C(=O)N[C@@H](CCC(=O)N[C@@H](CCC(=O)O)C(=O)N[C@@H](CCC(=O)N[C@@H](CCC(=O)O)C(=O)O)C(=O)O)C(=O)O)C(=O)O)C(=O)O. The second kappa shape index (κ2) is 29.0. The van der Waals surface area contributed by atoms with E-state index in [9.17, 15) is 87.5 Å². The summed E-state index contributed by atoms with van der Waals surface area (Å²) in [6, 6.07) is -12.1. The summed E-state index contributed by atoms with van der Waals surface area (Å²) in [7, 11) is 0. The molecule has 0 aromatic rings. The van der Waals surface area contributed by atoms with E-state index in [0.717, 1.165) is 0 Å². The molecule has 0 aliphatic carbocycles. The molecule has 16 N–H and O–H groups in total. The van der Waals surface area contributed by atoms with E-state index in [0.29, 0.717) is 0 Å². The molecule has 0 radical (unpaired) electrons. The van der Waals surface area contributed by atoms with Crippen LogP contribution in [0, 0.1) is 0 Å². The monoisotopic (exact) mass is 921 g/mol. The van der Waals surface area contributed by atoms with Crippen LogP contribution in [0.3, 0.4) is 0 Å². The largest absolute Gasteiger partial charge is 0.481 e. The molecule has 0 heterocycles. The molecular formula is C35H51N7O22. The lowest BCUT2D eigenvalue weighted by molar-refractivity contribution is -0.144. The fourth-order valence-electron chi connectivity index (χ4n) is 5.22. The maximum atomic E-state index is 13.1. The smallest absolute Gasteiger partial charge is 0.326 e. The molecule has 0 bridgehead atoms. The molecule has 358 valence electrons. The molecule has 0 rings (SSSR count). The fourth-order valence-corrected chi connectivity index (χ4v) is 5.22. The van der Waals surface area contributed by atoms with Gasteiger partial charge < -0.3 is 78.5 Å². The van der Waals surface area contributed by atoms with Crippen LogP contribution in [-0.4, -0.2) is 166 Å². The average Bonchev–Trinajstić information content (AvgIpc) is 3.19. The Labute approximate surface area is 360 Å². The molecule has 0 aromatic carbocycles. The highest BCUT2D eigenvalue weighted by molar-refractivity contribution is 5.93. The minimum absolute atomic E-state index is 0.344. The molecular weight excluding hydrogens is 870 g/mol. The van der Waals surface area contributed by atoms with Gasteiger partial charge in [-0.05, 0) is 44.9 Å². The highest BCUT2D eigenvalue weighted by Crippen LogP contribution is 2.09. The van der Waals surface area contributed by atoms with E-state index in [1.807, 2.05) is 16.0 Å². The van der Waals surface area contributed by atoms with Gasteiger partial charge in [-0.3, -0.25) is 47.9 Å². The zero-order chi connectivity index (χ0) is 49.3. The molecule has 29 nitrogen and oxygen atoms in total. The molecule has 7 atom stereocenters. The van der Waals surface area contributed by atoms with Gasteiger partial charge >= 0.3 is 47.8 Å². The number of rotatable bonds is 34. The normalized spacial score (nSPS) is 14.0. The Kier molecular flexibility index (Phi) is 25.6. The van der Waals surface area contributed by atoms with E-state index < -0.39 is 209 Å². The van der Waals surface area contributed by atoms with E-state index >= 15 is 0 Å². The van der Waals surface area contributed by atoms with Gasteiger partial charge in [-0.2, -0.15) is 0 Å². The zero-order valence-electron chi connectivity index (χ0n) is 33.8. The Morgan fingerprint density at radius 1 is 0.297 bits per heavy atom. The van der Waals surface area contributed by atoms with Crippen molar-refractivity contribution in [2.45, 2.75) is 132 Å². The van der Waals surface area contributed by atoms with Gasteiger partial charge in [0.05, 0.1) is 0 Å². The van der Waals surface area contributed by atoms with Gasteiger partial charge in [0.15, 0.2) is 0 Å². The van der Waals surface area contributed by atoms with Crippen molar-refractivity contribution in [3.63, 3.8) is 0 Å². The summed E-state index contributed by atoms with van der Waals surface area (Å²) in [6.07, 6.45) is -8.93. The fraction of sp³-hybridized carbons (Fsp3) is 0.600. The van der Waals surface area contributed by atoms with Crippen molar-refractivity contribution in [1.82, 2.24) is 31.9 Å². The Bertz CT molecular complexity index is 1770. The van der Waals surface area contributed by atoms with E-state index in [-0.39, 0.29) is 6.42 Å². The van der Waals surface area contributed by atoms with E-state index in [1.165, 1.54) is 0 Å². The van der Waals surface area contributed by atoms with Gasteiger partial charge in [0.25, 0.3) is 0 Å². The second-order valence-electron chi connectivity index (χ2n) is 13.9. The third kappa shape index (κ3) is 24.7. The maximum absolute atomic E-state index is 13.1. The van der Waals surface area contributed by atoms with Gasteiger partial charge in [-0.1, -0.05) is 0 Å². The molecule has 0 saturated heterocycles. The highest BCUT2D eigenvalue weighted by Gasteiger charge is 2.31. The molecule has 0 aliphatic heterocycles. The van der Waals surface area contributed by atoms with Crippen LogP contribution in [0.5, 0.6) is 0 Å². The molecule has 0 fully saturated rings. The topological polar surface area (TPSA) is 499 Å². The average molecular weight is 922 g/mol. The van der Waals surface area contributed by atoms with Gasteiger partial charge in [-0.15, -0.1) is 0 Å². The molecule has 64 heavy (non-hydrogen) atoms. The molecule has 0 aliphatic rings. The van der Waals surface area contributed by atoms with E-state index in [1.54, 1.807) is 0 Å². The van der Waals surface area contributed by atoms with Crippen LogP contribution in [0.4, 0.5) is 0 Å². The lowest BCUT2D eigenvalue weighted by atomic mass is 10.1. The second-order valence-corrected chi connectivity index (χ2v) is 13.9. The molecule has 29 heteroatoms. The van der Waals surface area contributed by atoms with Gasteiger partial charge in [0.1, 0.15) is 42.3 Å². The lowest BCUT2D eigenvalue weighted by Crippen LogP contribution is -2.53. The van der Waals surface area contributed by atoms with Crippen molar-refractivity contribution >= 4 is 83.2 Å². The van der Waals surface area contributed by atoms with Crippen molar-refractivity contribution in [3.8, 4) is 0 Å². The summed E-state index contributed by atoms with van der Waals surface area (Å²) in [5, 5.41) is 86.2. The molecule has 0 unspecified atom stereocenters. The van der Waals surface area contributed by atoms with Crippen molar-refractivity contribution in [3.05, 3.63) is 0 Å². The molecule has 0 spiro atoms. The van der Waals surface area contributed by atoms with Crippen molar-refractivity contribution in [1.29, 1.82) is 0 Å². The van der Waals surface area contributed by atoms with Crippen molar-refractivity contribution in [2.75, 3.05) is 0 Å². The molecule has 0 saturated carbocycles. The standard InChI is InChI=1S/C35H51N7O22/c36-15(31(55)56)1-8-22(43)39-18(32(57)58)2-9-23(44)37-16(5-12-26(47)48)29(53)41-20(34(61)62)3-10-24(45)38-17(6-13-27(49)50)30(54)42-21(35(63)64)4-11-25(46)40-19(33(59)60)7-14-28(51)52/h15-21H,1-14,36H2,(H,37,44)(H,38,45)(H,39,43)(H,40,46)(H,41,53)(H,42,54)(H,47,48)(H,49,50)(H,51,52)(H,55,56)(H,57,58)(H,59,60)(H,61,62)(H,63,64)/t15-,16-,17-,18-,19-,20-,21-/m0/s1. The third-order valence-electron chi connectivity index (χ3n) is 8.72. The third-order valence-corrected chi connectivity index (χ3v) is 8.72. The quantitative estimate of drug-likeness (QED) is 0.0289. The predicted octanol–water partition coefficient (Wildman–Crippen LogP) is -4.64. The first-order valence-electron chi connectivity index (χ1n) is 19.1. The van der Waals surface area contributed by atoms with Crippen molar-refractivity contribution in [2.24, 2.45) is 5.73 Å². The van der Waals surface area contributed by atoms with Crippen LogP contribution in [-0.2, 0) is 67.1 Å². The summed E-state index contributed by atoms with van der Waals surface area (Å²) in [4.78, 5) is 167. The Hall–Kier alpha value is -7.46. The van der Waals surface area contributed by atoms with E-state index in [4.69, 9.17) is 26.2 Å². The number of nitrogens with two attached hydrogens (primary N) is 1. The zero-order valence-corrected chi connectivity index (χ0v) is 33.8. The number of hydrogen-bond acceptors (Lipinski definition) is 15.